The van der Waals surface area contributed by atoms with Crippen molar-refractivity contribution >= 4 is 5.82 Å². The van der Waals surface area contributed by atoms with Crippen LogP contribution in [-0.4, -0.2) is 26.3 Å². The van der Waals surface area contributed by atoms with Crippen molar-refractivity contribution < 1.29 is 27.4 Å². The number of anilines is 1. The highest BCUT2D eigenvalue weighted by Crippen LogP contribution is 2.39. The van der Waals surface area contributed by atoms with Crippen LogP contribution < -0.4 is 19.5 Å². The van der Waals surface area contributed by atoms with E-state index in [-0.39, 0.29) is 0 Å². The first-order valence-electron chi connectivity index (χ1n) is 6.95. The maximum absolute atomic E-state index is 12.5. The van der Waals surface area contributed by atoms with Gasteiger partial charge in [0, 0.05) is 18.3 Å². The van der Waals surface area contributed by atoms with Crippen LogP contribution in [0.25, 0.3) is 0 Å². The van der Waals surface area contributed by atoms with Gasteiger partial charge in [0.15, 0.2) is 11.5 Å². The van der Waals surface area contributed by atoms with Gasteiger partial charge in [-0.15, -0.1) is 0 Å². The minimum atomic E-state index is -4.40. The fraction of sp³-hybridized carbons (Fsp3) is 0.312. The van der Waals surface area contributed by atoms with Crippen LogP contribution in [0.15, 0.2) is 30.5 Å². The van der Waals surface area contributed by atoms with E-state index in [1.54, 1.807) is 12.1 Å². The first-order chi connectivity index (χ1) is 11.4. The van der Waals surface area contributed by atoms with E-state index < -0.39 is 11.7 Å². The molecule has 0 fully saturated rings. The quantitative estimate of drug-likeness (QED) is 0.867. The molecular formula is C16H17F3N2O3. The average molecular weight is 342 g/mol. The maximum Gasteiger partial charge on any atom is 0.417 e. The minimum Gasteiger partial charge on any atom is -0.493 e. The number of aromatic nitrogens is 1. The maximum atomic E-state index is 12.5. The van der Waals surface area contributed by atoms with E-state index in [0.29, 0.717) is 29.6 Å². The molecule has 8 heteroatoms. The highest BCUT2D eigenvalue weighted by Gasteiger charge is 2.30. The van der Waals surface area contributed by atoms with Crippen LogP contribution in [0.5, 0.6) is 17.2 Å². The van der Waals surface area contributed by atoms with Crippen molar-refractivity contribution in [3.63, 3.8) is 0 Å². The number of nitrogens with zero attached hydrogens (tertiary/aromatic N) is 1. The lowest BCUT2D eigenvalue weighted by atomic mass is 10.1. The molecule has 130 valence electrons. The Kier molecular flexibility index (Phi) is 5.38. The van der Waals surface area contributed by atoms with E-state index in [4.69, 9.17) is 14.2 Å². The zero-order valence-corrected chi connectivity index (χ0v) is 13.4. The highest BCUT2D eigenvalue weighted by atomic mass is 19.4. The molecule has 1 aromatic heterocycles. The summed E-state index contributed by atoms with van der Waals surface area (Å²) >= 11 is 0. The molecule has 0 amide bonds. The number of methoxy groups -OCH3 is 3. The van der Waals surface area contributed by atoms with Gasteiger partial charge in [-0.1, -0.05) is 0 Å². The van der Waals surface area contributed by atoms with Gasteiger partial charge in [-0.2, -0.15) is 13.2 Å². The molecule has 5 nitrogen and oxygen atoms in total. The molecule has 1 aromatic carbocycles. The van der Waals surface area contributed by atoms with E-state index in [1.165, 1.54) is 27.4 Å². The van der Waals surface area contributed by atoms with Gasteiger partial charge < -0.3 is 19.5 Å². The van der Waals surface area contributed by atoms with Crippen molar-refractivity contribution in [1.82, 2.24) is 4.98 Å². The summed E-state index contributed by atoms with van der Waals surface area (Å²) in [5.74, 6) is 1.77. The molecule has 24 heavy (non-hydrogen) atoms. The summed E-state index contributed by atoms with van der Waals surface area (Å²) in [5.41, 5.74) is -0.0476. The smallest absolute Gasteiger partial charge is 0.417 e. The summed E-state index contributed by atoms with van der Waals surface area (Å²) in [6.45, 7) is 0.294. The Morgan fingerprint density at radius 1 is 0.958 bits per heavy atom. The van der Waals surface area contributed by atoms with Gasteiger partial charge in [0.2, 0.25) is 5.75 Å². The summed E-state index contributed by atoms with van der Waals surface area (Å²) in [6.07, 6.45) is -3.62. The molecule has 0 aliphatic carbocycles. The van der Waals surface area contributed by atoms with Crippen LogP contribution in [0.3, 0.4) is 0 Å². The van der Waals surface area contributed by atoms with E-state index in [1.807, 2.05) is 0 Å². The number of rotatable bonds is 6. The molecule has 0 aliphatic heterocycles. The zero-order valence-electron chi connectivity index (χ0n) is 13.4. The highest BCUT2D eigenvalue weighted by molar-refractivity contribution is 5.56. The second-order valence-electron chi connectivity index (χ2n) is 4.78. The lowest BCUT2D eigenvalue weighted by molar-refractivity contribution is -0.137. The van der Waals surface area contributed by atoms with Gasteiger partial charge in [-0.05, 0) is 24.3 Å². The number of pyridine rings is 1. The minimum absolute atomic E-state index is 0.294. The first-order valence-corrected chi connectivity index (χ1v) is 6.95. The first kappa shape index (κ1) is 17.7. The summed E-state index contributed by atoms with van der Waals surface area (Å²) in [6, 6.07) is 5.74. The van der Waals surface area contributed by atoms with Gasteiger partial charge >= 0.3 is 6.18 Å². The van der Waals surface area contributed by atoms with Crippen LogP contribution >= 0.6 is 0 Å². The van der Waals surface area contributed by atoms with Gasteiger partial charge in [0.1, 0.15) is 5.82 Å². The van der Waals surface area contributed by atoms with E-state index in [2.05, 4.69) is 10.3 Å². The third-order valence-electron chi connectivity index (χ3n) is 3.34. The summed E-state index contributed by atoms with van der Waals surface area (Å²) < 4.78 is 53.4. The van der Waals surface area contributed by atoms with Gasteiger partial charge in [0.05, 0.1) is 26.9 Å². The Morgan fingerprint density at radius 2 is 1.67 bits per heavy atom. The van der Waals surface area contributed by atoms with Crippen LogP contribution in [0.2, 0.25) is 0 Å². The van der Waals surface area contributed by atoms with Crippen molar-refractivity contribution in [2.75, 3.05) is 26.6 Å². The van der Waals surface area contributed by atoms with Crippen molar-refractivity contribution in [3.8, 4) is 17.2 Å². The molecule has 0 aliphatic rings. The van der Waals surface area contributed by atoms with Crippen LogP contribution in [-0.2, 0) is 12.7 Å². The largest absolute Gasteiger partial charge is 0.493 e. The molecule has 0 radical (unpaired) electrons. The predicted molar refractivity (Wildman–Crippen MR) is 82.7 cm³/mol. The fourth-order valence-corrected chi connectivity index (χ4v) is 2.15. The van der Waals surface area contributed by atoms with Crippen molar-refractivity contribution in [3.05, 3.63) is 41.6 Å². The summed E-state index contributed by atoms with van der Waals surface area (Å²) in [4.78, 5) is 3.76. The topological polar surface area (TPSA) is 52.6 Å². The molecule has 2 rings (SSSR count). The van der Waals surface area contributed by atoms with Crippen LogP contribution in [0.1, 0.15) is 11.1 Å². The van der Waals surface area contributed by atoms with E-state index in [9.17, 15) is 13.2 Å². The van der Waals surface area contributed by atoms with Crippen molar-refractivity contribution in [2.24, 2.45) is 0 Å². The Hall–Kier alpha value is -2.64. The van der Waals surface area contributed by atoms with E-state index in [0.717, 1.165) is 17.8 Å². The average Bonchev–Trinajstić information content (AvgIpc) is 2.58. The van der Waals surface area contributed by atoms with Crippen molar-refractivity contribution in [2.45, 2.75) is 12.7 Å². The van der Waals surface area contributed by atoms with Gasteiger partial charge in [-0.25, -0.2) is 4.98 Å². The lowest BCUT2D eigenvalue weighted by Gasteiger charge is -2.16. The second kappa shape index (κ2) is 7.29. The van der Waals surface area contributed by atoms with Crippen molar-refractivity contribution in [1.29, 1.82) is 0 Å². The molecule has 1 N–H and O–H groups in total. The molecule has 1 heterocycles. The fourth-order valence-electron chi connectivity index (χ4n) is 2.15. The Morgan fingerprint density at radius 3 is 2.17 bits per heavy atom. The van der Waals surface area contributed by atoms with Crippen LogP contribution in [0, 0.1) is 0 Å². The Bertz CT molecular complexity index is 688. The molecule has 0 saturated heterocycles. The monoisotopic (exact) mass is 342 g/mol. The number of hydrogen-bond acceptors (Lipinski definition) is 5. The third-order valence-corrected chi connectivity index (χ3v) is 3.34. The molecule has 0 unspecified atom stereocenters. The predicted octanol–water partition coefficient (Wildman–Crippen LogP) is 3.74. The lowest BCUT2D eigenvalue weighted by Crippen LogP contribution is -2.08. The SMILES string of the molecule is COc1ccc(CNc2ccc(C(F)(F)F)cn2)c(OC)c1OC. The summed E-state index contributed by atoms with van der Waals surface area (Å²) in [5, 5.41) is 2.95. The number of hydrogen-bond donors (Lipinski definition) is 1. The Labute approximate surface area is 137 Å². The molecule has 2 aromatic rings. The molecular weight excluding hydrogens is 325 g/mol. The van der Waals surface area contributed by atoms with Gasteiger partial charge in [0.25, 0.3) is 0 Å². The number of ether oxygens (including phenoxy) is 3. The molecule has 0 spiro atoms. The number of alkyl halides is 3. The standard InChI is InChI=1S/C16H17F3N2O3/c1-22-12-6-4-10(14(23-2)15(12)24-3)8-20-13-7-5-11(9-21-13)16(17,18)19/h4-7,9H,8H2,1-3H3,(H,20,21). The summed E-state index contributed by atoms with van der Waals surface area (Å²) in [7, 11) is 4.51. The van der Waals surface area contributed by atoms with E-state index >= 15 is 0 Å². The second-order valence-corrected chi connectivity index (χ2v) is 4.78. The van der Waals surface area contributed by atoms with Gasteiger partial charge in [-0.3, -0.25) is 0 Å². The Balaban J connectivity index is 2.17. The normalized spacial score (nSPS) is 11.1. The number of nitrogens with one attached hydrogen (secondary N) is 1. The molecule has 0 saturated carbocycles. The third kappa shape index (κ3) is 3.81. The molecule has 0 atom stereocenters. The number of benzene rings is 1. The number of halogens is 3. The van der Waals surface area contributed by atoms with Crippen LogP contribution in [0.4, 0.5) is 19.0 Å². The zero-order chi connectivity index (χ0) is 17.7. The molecule has 0 bridgehead atoms.